The van der Waals surface area contributed by atoms with Gasteiger partial charge in [0.05, 0.1) is 18.7 Å². The molecule has 0 radical (unpaired) electrons. The summed E-state index contributed by atoms with van der Waals surface area (Å²) in [5.74, 6) is -0.457. The third-order valence-electron chi connectivity index (χ3n) is 6.12. The van der Waals surface area contributed by atoms with Gasteiger partial charge in [0.15, 0.2) is 0 Å². The molecule has 2 amide bonds. The first-order valence-electron chi connectivity index (χ1n) is 11.5. The topological polar surface area (TPSA) is 67.9 Å². The third kappa shape index (κ3) is 5.30. The first-order chi connectivity index (χ1) is 16.1. The van der Waals surface area contributed by atoms with Crippen LogP contribution >= 0.6 is 0 Å². The SMILES string of the molecule is C=C1C[C@@H](C(=O)N2CCc3ccccc3[C@@H]2c2ccc(F)cc2)OC[C@@H]1NC(=O)OC(C)(C)C. The van der Waals surface area contributed by atoms with Crippen molar-refractivity contribution in [3.05, 3.63) is 83.2 Å². The summed E-state index contributed by atoms with van der Waals surface area (Å²) >= 11 is 0. The molecule has 2 aromatic carbocycles. The number of fused-ring (bicyclic) bond motifs is 1. The quantitative estimate of drug-likeness (QED) is 0.675. The molecular weight excluding hydrogens is 435 g/mol. The molecule has 0 bridgehead atoms. The highest BCUT2D eigenvalue weighted by molar-refractivity contribution is 5.83. The zero-order valence-electron chi connectivity index (χ0n) is 19.8. The Hall–Kier alpha value is -3.19. The minimum absolute atomic E-state index is 0.138. The Balaban J connectivity index is 1.50. The molecule has 2 heterocycles. The van der Waals surface area contributed by atoms with Gasteiger partial charge in [0, 0.05) is 13.0 Å². The summed E-state index contributed by atoms with van der Waals surface area (Å²) in [6.45, 7) is 10.1. The summed E-state index contributed by atoms with van der Waals surface area (Å²) < 4.78 is 24.8. The first-order valence-corrected chi connectivity index (χ1v) is 11.5. The Kier molecular flexibility index (Phi) is 6.75. The van der Waals surface area contributed by atoms with E-state index < -0.39 is 23.8 Å². The fraction of sp³-hybridized carbons (Fsp3) is 0.407. The van der Waals surface area contributed by atoms with Gasteiger partial charge in [0.2, 0.25) is 0 Å². The summed E-state index contributed by atoms with van der Waals surface area (Å²) in [6, 6.07) is 13.6. The fourth-order valence-electron chi connectivity index (χ4n) is 4.52. The molecule has 180 valence electrons. The van der Waals surface area contributed by atoms with Crippen LogP contribution in [0, 0.1) is 5.82 Å². The van der Waals surface area contributed by atoms with E-state index in [-0.39, 0.29) is 24.4 Å². The second kappa shape index (κ2) is 9.58. The van der Waals surface area contributed by atoms with Gasteiger partial charge in [-0.25, -0.2) is 9.18 Å². The number of nitrogens with zero attached hydrogens (tertiary/aromatic N) is 1. The number of hydrogen-bond donors (Lipinski definition) is 1. The van der Waals surface area contributed by atoms with Gasteiger partial charge in [-0.3, -0.25) is 4.79 Å². The zero-order valence-corrected chi connectivity index (χ0v) is 19.8. The van der Waals surface area contributed by atoms with E-state index in [0.29, 0.717) is 18.5 Å². The van der Waals surface area contributed by atoms with Crippen molar-refractivity contribution in [1.82, 2.24) is 10.2 Å². The van der Waals surface area contributed by atoms with Crippen LogP contribution in [-0.4, -0.2) is 47.8 Å². The zero-order chi connectivity index (χ0) is 24.5. The van der Waals surface area contributed by atoms with Crippen molar-refractivity contribution in [3.63, 3.8) is 0 Å². The van der Waals surface area contributed by atoms with E-state index in [1.165, 1.54) is 17.7 Å². The number of nitrogens with one attached hydrogen (secondary N) is 1. The summed E-state index contributed by atoms with van der Waals surface area (Å²) in [5, 5.41) is 2.77. The van der Waals surface area contributed by atoms with Gasteiger partial charge < -0.3 is 19.7 Å². The van der Waals surface area contributed by atoms with Gasteiger partial charge in [-0.15, -0.1) is 0 Å². The van der Waals surface area contributed by atoms with Crippen molar-refractivity contribution in [2.24, 2.45) is 0 Å². The molecule has 4 rings (SSSR count). The highest BCUT2D eigenvalue weighted by Gasteiger charge is 2.38. The minimum Gasteiger partial charge on any atom is -0.444 e. The van der Waals surface area contributed by atoms with E-state index >= 15 is 0 Å². The van der Waals surface area contributed by atoms with Crippen LogP contribution in [-0.2, 0) is 20.7 Å². The molecule has 2 aliphatic rings. The average molecular weight is 467 g/mol. The number of benzene rings is 2. The lowest BCUT2D eigenvalue weighted by molar-refractivity contribution is -0.147. The Morgan fingerprint density at radius 1 is 1.15 bits per heavy atom. The van der Waals surface area contributed by atoms with Crippen molar-refractivity contribution in [2.75, 3.05) is 13.2 Å². The van der Waals surface area contributed by atoms with Crippen LogP contribution in [0.25, 0.3) is 0 Å². The maximum absolute atomic E-state index is 13.6. The van der Waals surface area contributed by atoms with Gasteiger partial charge in [-0.05, 0) is 61.6 Å². The summed E-state index contributed by atoms with van der Waals surface area (Å²) in [7, 11) is 0. The van der Waals surface area contributed by atoms with Gasteiger partial charge in [-0.1, -0.05) is 43.0 Å². The molecule has 0 spiro atoms. The van der Waals surface area contributed by atoms with Crippen LogP contribution in [0.3, 0.4) is 0 Å². The monoisotopic (exact) mass is 466 g/mol. The molecule has 6 nitrogen and oxygen atoms in total. The van der Waals surface area contributed by atoms with Gasteiger partial charge in [-0.2, -0.15) is 0 Å². The first kappa shape index (κ1) is 24.0. The maximum Gasteiger partial charge on any atom is 0.408 e. The van der Waals surface area contributed by atoms with Crippen LogP contribution in [0.2, 0.25) is 0 Å². The van der Waals surface area contributed by atoms with E-state index in [2.05, 4.69) is 18.0 Å². The highest BCUT2D eigenvalue weighted by atomic mass is 19.1. The van der Waals surface area contributed by atoms with Gasteiger partial charge >= 0.3 is 6.09 Å². The van der Waals surface area contributed by atoms with Crippen molar-refractivity contribution < 1.29 is 23.5 Å². The van der Waals surface area contributed by atoms with Gasteiger partial charge in [0.25, 0.3) is 5.91 Å². The second-order valence-corrected chi connectivity index (χ2v) is 9.82. The number of rotatable bonds is 3. The summed E-state index contributed by atoms with van der Waals surface area (Å²) in [5.41, 5.74) is 3.16. The Morgan fingerprint density at radius 3 is 2.53 bits per heavy atom. The molecule has 0 unspecified atom stereocenters. The smallest absolute Gasteiger partial charge is 0.408 e. The molecule has 0 saturated carbocycles. The van der Waals surface area contributed by atoms with Crippen molar-refractivity contribution >= 4 is 12.0 Å². The molecule has 1 fully saturated rings. The molecule has 3 atom stereocenters. The number of alkyl carbamates (subject to hydrolysis) is 1. The van der Waals surface area contributed by atoms with E-state index in [0.717, 1.165) is 17.5 Å². The molecule has 0 aliphatic carbocycles. The highest BCUT2D eigenvalue weighted by Crippen LogP contribution is 2.36. The maximum atomic E-state index is 13.6. The minimum atomic E-state index is -0.697. The number of carbonyl (C=O) groups excluding carboxylic acids is 2. The van der Waals surface area contributed by atoms with Crippen molar-refractivity contribution in [1.29, 1.82) is 0 Å². The lowest BCUT2D eigenvalue weighted by Gasteiger charge is -2.41. The normalized spacial score (nSPS) is 22.6. The predicted octanol–water partition coefficient (Wildman–Crippen LogP) is 4.54. The van der Waals surface area contributed by atoms with E-state index in [1.807, 2.05) is 23.1 Å². The molecule has 2 aliphatic heterocycles. The van der Waals surface area contributed by atoms with E-state index in [1.54, 1.807) is 32.9 Å². The molecule has 1 N–H and O–H groups in total. The predicted molar refractivity (Wildman–Crippen MR) is 127 cm³/mol. The number of carbonyl (C=O) groups is 2. The van der Waals surface area contributed by atoms with Crippen molar-refractivity contribution in [3.8, 4) is 0 Å². The van der Waals surface area contributed by atoms with Crippen LogP contribution in [0.5, 0.6) is 0 Å². The molecule has 0 aromatic heterocycles. The van der Waals surface area contributed by atoms with Crippen LogP contribution < -0.4 is 5.32 Å². The lowest BCUT2D eigenvalue weighted by atomic mass is 9.87. The molecule has 2 aromatic rings. The molecule has 7 heteroatoms. The van der Waals surface area contributed by atoms with E-state index in [9.17, 15) is 14.0 Å². The fourth-order valence-corrected chi connectivity index (χ4v) is 4.52. The number of halogens is 1. The lowest BCUT2D eigenvalue weighted by Crippen LogP contribution is -2.51. The number of hydrogen-bond acceptors (Lipinski definition) is 4. The standard InChI is InChI=1S/C27H31FN2O4/c1-17-15-23(33-16-22(17)29-26(32)34-27(2,3)4)25(31)30-14-13-18-7-5-6-8-21(18)24(30)19-9-11-20(28)12-10-19/h5-12,22-24H,1,13-16H2,2-4H3,(H,29,32)/t22-,23-,24-/m0/s1. The number of ether oxygens (including phenoxy) is 2. The Morgan fingerprint density at radius 2 is 1.85 bits per heavy atom. The van der Waals surface area contributed by atoms with E-state index in [4.69, 9.17) is 9.47 Å². The average Bonchev–Trinajstić information content (AvgIpc) is 2.78. The summed E-state index contributed by atoms with van der Waals surface area (Å²) in [6.07, 6.45) is -0.211. The number of amides is 2. The molecular formula is C27H31FN2O4. The molecule has 1 saturated heterocycles. The third-order valence-corrected chi connectivity index (χ3v) is 6.12. The second-order valence-electron chi connectivity index (χ2n) is 9.82. The molecule has 34 heavy (non-hydrogen) atoms. The van der Waals surface area contributed by atoms with Crippen LogP contribution in [0.15, 0.2) is 60.7 Å². The van der Waals surface area contributed by atoms with Crippen molar-refractivity contribution in [2.45, 2.75) is 57.4 Å². The van der Waals surface area contributed by atoms with Crippen LogP contribution in [0.1, 0.15) is 49.9 Å². The van der Waals surface area contributed by atoms with Gasteiger partial charge in [0.1, 0.15) is 17.5 Å². The largest absolute Gasteiger partial charge is 0.444 e. The summed E-state index contributed by atoms with van der Waals surface area (Å²) in [4.78, 5) is 27.6. The van der Waals surface area contributed by atoms with Crippen LogP contribution in [0.4, 0.5) is 9.18 Å². The Labute approximate surface area is 199 Å². The Bertz CT molecular complexity index is 1080.